The zero-order valence-corrected chi connectivity index (χ0v) is 9.74. The maximum absolute atomic E-state index is 10.4. The van der Waals surface area contributed by atoms with E-state index in [-0.39, 0.29) is 0 Å². The van der Waals surface area contributed by atoms with E-state index in [0.29, 0.717) is 6.41 Å². The first-order chi connectivity index (χ1) is 6.55. The van der Waals surface area contributed by atoms with E-state index in [4.69, 9.17) is 34.8 Å². The molecule has 1 saturated heterocycles. The van der Waals surface area contributed by atoms with Gasteiger partial charge in [0.15, 0.2) is 0 Å². The molecule has 0 aromatic heterocycles. The average Bonchev–Trinajstić information content (AvgIpc) is 2.14. The topological polar surface area (TPSA) is 44.4 Å². The molecule has 0 aliphatic carbocycles. The number of rotatable bonds is 3. The predicted molar refractivity (Wildman–Crippen MR) is 57.7 cm³/mol. The SMILES string of the molecule is O=CNC(N1CCNCC1)C(Cl)(Cl)Cl. The van der Waals surface area contributed by atoms with Crippen molar-refractivity contribution in [2.75, 3.05) is 26.2 Å². The number of carbonyl (C=O) groups excluding carboxylic acids is 1. The van der Waals surface area contributed by atoms with Gasteiger partial charge in [0, 0.05) is 26.2 Å². The number of alkyl halides is 3. The molecule has 4 nitrogen and oxygen atoms in total. The Hall–Kier alpha value is 0.260. The first kappa shape index (κ1) is 12.3. The van der Waals surface area contributed by atoms with Crippen molar-refractivity contribution < 1.29 is 4.79 Å². The summed E-state index contributed by atoms with van der Waals surface area (Å²) in [7, 11) is 0. The Balaban J connectivity index is 2.60. The van der Waals surface area contributed by atoms with Crippen LogP contribution in [0, 0.1) is 0 Å². The van der Waals surface area contributed by atoms with Gasteiger partial charge < -0.3 is 10.6 Å². The van der Waals surface area contributed by atoms with Crippen molar-refractivity contribution >= 4 is 41.2 Å². The van der Waals surface area contributed by atoms with Crippen LogP contribution in [0.4, 0.5) is 0 Å². The van der Waals surface area contributed by atoms with Crippen molar-refractivity contribution in [3.63, 3.8) is 0 Å². The van der Waals surface area contributed by atoms with Crippen LogP contribution in [0.2, 0.25) is 0 Å². The lowest BCUT2D eigenvalue weighted by molar-refractivity contribution is -0.111. The third-order valence-corrected chi connectivity index (χ3v) is 2.67. The van der Waals surface area contributed by atoms with Gasteiger partial charge in [0.25, 0.3) is 0 Å². The molecule has 0 aromatic carbocycles. The van der Waals surface area contributed by atoms with Gasteiger partial charge in [-0.05, 0) is 0 Å². The zero-order chi connectivity index (χ0) is 10.6. The number of hydrogen-bond donors (Lipinski definition) is 2. The third kappa shape index (κ3) is 3.44. The lowest BCUT2D eigenvalue weighted by Gasteiger charge is -2.37. The molecule has 7 heteroatoms. The summed E-state index contributed by atoms with van der Waals surface area (Å²) in [6.07, 6.45) is -0.0127. The Morgan fingerprint density at radius 3 is 2.36 bits per heavy atom. The highest BCUT2D eigenvalue weighted by molar-refractivity contribution is 6.68. The van der Waals surface area contributed by atoms with Crippen molar-refractivity contribution in [3.8, 4) is 0 Å². The maximum atomic E-state index is 10.4. The van der Waals surface area contributed by atoms with E-state index in [1.165, 1.54) is 0 Å². The molecule has 1 unspecified atom stereocenters. The number of hydrogen-bond acceptors (Lipinski definition) is 3. The molecular formula is C7H12Cl3N3O. The standard InChI is InChI=1S/C7H12Cl3N3O/c8-7(9,10)6(12-5-14)13-3-1-11-2-4-13/h5-6,11H,1-4H2,(H,12,14). The molecule has 1 atom stereocenters. The first-order valence-corrected chi connectivity index (χ1v) is 5.40. The largest absolute Gasteiger partial charge is 0.339 e. The zero-order valence-electron chi connectivity index (χ0n) is 7.47. The van der Waals surface area contributed by atoms with Gasteiger partial charge in [0.2, 0.25) is 10.2 Å². The fraction of sp³-hybridized carbons (Fsp3) is 0.857. The van der Waals surface area contributed by atoms with Gasteiger partial charge in [-0.25, -0.2) is 0 Å². The van der Waals surface area contributed by atoms with Gasteiger partial charge >= 0.3 is 0 Å². The molecule has 0 radical (unpaired) electrons. The minimum atomic E-state index is -1.50. The lowest BCUT2D eigenvalue weighted by Crippen LogP contribution is -2.58. The molecule has 1 rings (SSSR count). The van der Waals surface area contributed by atoms with Gasteiger partial charge in [-0.3, -0.25) is 9.69 Å². The first-order valence-electron chi connectivity index (χ1n) is 4.27. The van der Waals surface area contributed by atoms with Crippen LogP contribution in [0.5, 0.6) is 0 Å². The van der Waals surface area contributed by atoms with Gasteiger partial charge in [-0.2, -0.15) is 0 Å². The van der Waals surface area contributed by atoms with Crippen LogP contribution >= 0.6 is 34.8 Å². The average molecular weight is 261 g/mol. The molecule has 14 heavy (non-hydrogen) atoms. The Kier molecular flexibility index (Phi) is 4.73. The summed E-state index contributed by atoms with van der Waals surface area (Å²) in [5.74, 6) is 0. The highest BCUT2D eigenvalue weighted by atomic mass is 35.6. The second-order valence-corrected chi connectivity index (χ2v) is 5.38. The predicted octanol–water partition coefficient (Wildman–Crippen LogP) is 0.334. The van der Waals surface area contributed by atoms with E-state index >= 15 is 0 Å². The molecule has 2 N–H and O–H groups in total. The quantitative estimate of drug-likeness (QED) is 0.568. The van der Waals surface area contributed by atoms with Crippen molar-refractivity contribution in [3.05, 3.63) is 0 Å². The van der Waals surface area contributed by atoms with Gasteiger partial charge in [-0.15, -0.1) is 0 Å². The molecule has 1 aliphatic heterocycles. The van der Waals surface area contributed by atoms with Crippen LogP contribution < -0.4 is 10.6 Å². The minimum Gasteiger partial charge on any atom is -0.339 e. The Labute approximate surface area is 97.9 Å². The van der Waals surface area contributed by atoms with Crippen molar-refractivity contribution in [1.82, 2.24) is 15.5 Å². The summed E-state index contributed by atoms with van der Waals surface area (Å²) >= 11 is 17.3. The smallest absolute Gasteiger partial charge is 0.223 e. The van der Waals surface area contributed by atoms with Crippen molar-refractivity contribution in [2.24, 2.45) is 0 Å². The molecule has 0 bridgehead atoms. The summed E-state index contributed by atoms with van der Waals surface area (Å²) in [5.41, 5.74) is 0. The van der Waals surface area contributed by atoms with E-state index < -0.39 is 9.96 Å². The molecule has 1 amide bonds. The third-order valence-electron chi connectivity index (χ3n) is 2.05. The molecule has 0 aromatic rings. The maximum Gasteiger partial charge on any atom is 0.223 e. The molecule has 0 saturated carbocycles. The van der Waals surface area contributed by atoms with E-state index in [2.05, 4.69) is 10.6 Å². The van der Waals surface area contributed by atoms with Gasteiger partial charge in [-0.1, -0.05) is 34.8 Å². The Morgan fingerprint density at radius 1 is 1.36 bits per heavy atom. The van der Waals surface area contributed by atoms with Crippen molar-refractivity contribution in [1.29, 1.82) is 0 Å². The monoisotopic (exact) mass is 259 g/mol. The van der Waals surface area contributed by atoms with Crippen LogP contribution in [0.3, 0.4) is 0 Å². The molecule has 0 spiro atoms. The number of nitrogens with zero attached hydrogens (tertiary/aromatic N) is 1. The Bertz CT molecular complexity index is 191. The van der Waals surface area contributed by atoms with Gasteiger partial charge in [0.05, 0.1) is 0 Å². The van der Waals surface area contributed by atoms with E-state index in [9.17, 15) is 4.79 Å². The van der Waals surface area contributed by atoms with Crippen LogP contribution in [0.1, 0.15) is 0 Å². The van der Waals surface area contributed by atoms with Crippen LogP contribution in [0.25, 0.3) is 0 Å². The summed E-state index contributed by atoms with van der Waals surface area (Å²) in [5, 5.41) is 5.69. The number of amides is 1. The second-order valence-electron chi connectivity index (χ2n) is 3.01. The minimum absolute atomic E-state index is 0.550. The highest BCUT2D eigenvalue weighted by Gasteiger charge is 2.37. The molecule has 82 valence electrons. The number of halogens is 3. The van der Waals surface area contributed by atoms with Crippen LogP contribution in [-0.4, -0.2) is 47.4 Å². The highest BCUT2D eigenvalue weighted by Crippen LogP contribution is 2.31. The Morgan fingerprint density at radius 2 is 1.93 bits per heavy atom. The van der Waals surface area contributed by atoms with Crippen LogP contribution in [0.15, 0.2) is 0 Å². The summed E-state index contributed by atoms with van der Waals surface area (Å²) in [6, 6.07) is 0. The normalized spacial score (nSPS) is 21.6. The fourth-order valence-corrected chi connectivity index (χ4v) is 2.01. The molecular weight excluding hydrogens is 248 g/mol. The molecule has 1 fully saturated rings. The fourth-order valence-electron chi connectivity index (χ4n) is 1.41. The second kappa shape index (κ2) is 5.37. The van der Waals surface area contributed by atoms with Gasteiger partial charge in [0.1, 0.15) is 6.17 Å². The van der Waals surface area contributed by atoms with Crippen LogP contribution in [-0.2, 0) is 4.79 Å². The van der Waals surface area contributed by atoms with E-state index in [0.717, 1.165) is 26.2 Å². The lowest BCUT2D eigenvalue weighted by atomic mass is 10.3. The summed E-state index contributed by atoms with van der Waals surface area (Å²) < 4.78 is -1.50. The summed E-state index contributed by atoms with van der Waals surface area (Å²) in [4.78, 5) is 12.3. The number of nitrogens with one attached hydrogen (secondary N) is 2. The number of carbonyl (C=O) groups is 1. The summed E-state index contributed by atoms with van der Waals surface area (Å²) in [6.45, 7) is 3.16. The molecule has 1 heterocycles. The molecule has 1 aliphatic rings. The van der Waals surface area contributed by atoms with E-state index in [1.54, 1.807) is 0 Å². The number of piperazine rings is 1. The van der Waals surface area contributed by atoms with Crippen molar-refractivity contribution in [2.45, 2.75) is 9.96 Å². The van der Waals surface area contributed by atoms with E-state index in [1.807, 2.05) is 4.90 Å².